The van der Waals surface area contributed by atoms with Crippen LogP contribution in [0.3, 0.4) is 0 Å². The van der Waals surface area contributed by atoms with E-state index in [0.29, 0.717) is 13.0 Å². The third-order valence-electron chi connectivity index (χ3n) is 2.70. The highest BCUT2D eigenvalue weighted by Crippen LogP contribution is 2.21. The topological polar surface area (TPSA) is 49.6 Å². The second-order valence-electron chi connectivity index (χ2n) is 3.66. The first-order valence-corrected chi connectivity index (χ1v) is 5.05. The number of anilines is 1. The minimum atomic E-state index is 0.160. The molecule has 1 fully saturated rings. The van der Waals surface area contributed by atoms with Gasteiger partial charge in [0.15, 0.2) is 0 Å². The number of hydrazine groups is 1. The summed E-state index contributed by atoms with van der Waals surface area (Å²) in [6.45, 7) is 1.28. The molecule has 0 atom stereocenters. The van der Waals surface area contributed by atoms with Crippen molar-refractivity contribution in [3.8, 4) is 0 Å². The lowest BCUT2D eigenvalue weighted by Gasteiger charge is -2.26. The van der Waals surface area contributed by atoms with Crippen LogP contribution < -0.4 is 10.7 Å². The van der Waals surface area contributed by atoms with E-state index in [-0.39, 0.29) is 5.91 Å². The number of amides is 1. The van der Waals surface area contributed by atoms with Gasteiger partial charge in [0.05, 0.1) is 5.69 Å². The van der Waals surface area contributed by atoms with Crippen LogP contribution in [-0.2, 0) is 11.3 Å². The maximum absolute atomic E-state index is 11.4. The number of rotatable bonds is 2. The molecule has 1 aliphatic heterocycles. The Bertz CT molecular complexity index is 378. The summed E-state index contributed by atoms with van der Waals surface area (Å²) in [6.07, 6.45) is 0.587. The van der Waals surface area contributed by atoms with E-state index in [0.717, 1.165) is 17.8 Å². The molecule has 0 saturated carbocycles. The van der Waals surface area contributed by atoms with E-state index in [1.807, 2.05) is 29.3 Å². The number of benzene rings is 1. The number of hydrogen-bond donors (Lipinski definition) is 1. The molecule has 1 aromatic rings. The third kappa shape index (κ3) is 1.80. The maximum atomic E-state index is 11.4. The molecule has 15 heavy (non-hydrogen) atoms. The monoisotopic (exact) mass is 205 g/mol. The van der Waals surface area contributed by atoms with Crippen LogP contribution in [0.1, 0.15) is 12.0 Å². The predicted molar refractivity (Wildman–Crippen MR) is 59.1 cm³/mol. The molecule has 0 unspecified atom stereocenters. The van der Waals surface area contributed by atoms with E-state index in [9.17, 15) is 4.79 Å². The maximum Gasteiger partial charge on any atom is 0.242 e. The summed E-state index contributed by atoms with van der Waals surface area (Å²) in [4.78, 5) is 11.4. The van der Waals surface area contributed by atoms with Gasteiger partial charge in [0, 0.05) is 26.6 Å². The molecule has 0 radical (unpaired) electrons. The molecule has 0 aliphatic carbocycles. The molecular weight excluding hydrogens is 190 g/mol. The van der Waals surface area contributed by atoms with Gasteiger partial charge in [-0.1, -0.05) is 12.1 Å². The van der Waals surface area contributed by atoms with Crippen molar-refractivity contribution in [2.45, 2.75) is 13.0 Å². The van der Waals surface area contributed by atoms with Crippen LogP contribution in [-0.4, -0.2) is 24.5 Å². The molecule has 0 aromatic heterocycles. The van der Waals surface area contributed by atoms with Crippen molar-refractivity contribution in [1.29, 1.82) is 0 Å². The van der Waals surface area contributed by atoms with E-state index in [1.54, 1.807) is 12.1 Å². The summed E-state index contributed by atoms with van der Waals surface area (Å²) in [5, 5.41) is 3.64. The summed E-state index contributed by atoms with van der Waals surface area (Å²) in [7, 11) is 1.80. The number of nitrogens with zero attached hydrogens (tertiary/aromatic N) is 2. The molecule has 0 spiro atoms. The highest BCUT2D eigenvalue weighted by Gasteiger charge is 2.25. The summed E-state index contributed by atoms with van der Waals surface area (Å²) in [5.74, 6) is 0.160. The first-order valence-electron chi connectivity index (χ1n) is 5.05. The lowest BCUT2D eigenvalue weighted by atomic mass is 10.2. The molecule has 2 N–H and O–H groups in total. The SMILES string of the molecule is CN1C(=O)CCN1c1cccc(CN)c1. The van der Waals surface area contributed by atoms with Crippen molar-refractivity contribution in [2.24, 2.45) is 5.73 Å². The van der Waals surface area contributed by atoms with E-state index >= 15 is 0 Å². The van der Waals surface area contributed by atoms with Gasteiger partial charge < -0.3 is 5.73 Å². The minimum Gasteiger partial charge on any atom is -0.326 e. The van der Waals surface area contributed by atoms with Gasteiger partial charge in [-0.25, -0.2) is 0 Å². The summed E-state index contributed by atoms with van der Waals surface area (Å²) < 4.78 is 0. The summed E-state index contributed by atoms with van der Waals surface area (Å²) in [6, 6.07) is 7.97. The van der Waals surface area contributed by atoms with Crippen molar-refractivity contribution in [1.82, 2.24) is 5.01 Å². The summed E-state index contributed by atoms with van der Waals surface area (Å²) >= 11 is 0. The van der Waals surface area contributed by atoms with Crippen LogP contribution in [0.25, 0.3) is 0 Å². The van der Waals surface area contributed by atoms with Gasteiger partial charge in [0.25, 0.3) is 0 Å². The number of nitrogens with two attached hydrogens (primary N) is 1. The quantitative estimate of drug-likeness (QED) is 0.774. The number of carbonyl (C=O) groups is 1. The lowest BCUT2D eigenvalue weighted by molar-refractivity contribution is -0.126. The van der Waals surface area contributed by atoms with E-state index < -0.39 is 0 Å². The Morgan fingerprint density at radius 3 is 2.87 bits per heavy atom. The van der Waals surface area contributed by atoms with E-state index in [1.165, 1.54) is 0 Å². The first kappa shape index (κ1) is 9.98. The van der Waals surface area contributed by atoms with Crippen molar-refractivity contribution in [2.75, 3.05) is 18.6 Å². The second-order valence-corrected chi connectivity index (χ2v) is 3.66. The third-order valence-corrected chi connectivity index (χ3v) is 2.70. The first-order chi connectivity index (χ1) is 7.22. The van der Waals surface area contributed by atoms with Gasteiger partial charge in [0.1, 0.15) is 0 Å². The van der Waals surface area contributed by atoms with Crippen molar-refractivity contribution >= 4 is 11.6 Å². The Morgan fingerprint density at radius 2 is 2.27 bits per heavy atom. The second kappa shape index (κ2) is 3.90. The Kier molecular flexibility index (Phi) is 2.60. The van der Waals surface area contributed by atoms with Gasteiger partial charge >= 0.3 is 0 Å². The van der Waals surface area contributed by atoms with Gasteiger partial charge in [-0.2, -0.15) is 0 Å². The molecule has 1 heterocycles. The summed E-state index contributed by atoms with van der Waals surface area (Å²) in [5.41, 5.74) is 7.70. The zero-order chi connectivity index (χ0) is 10.8. The molecule has 4 heteroatoms. The predicted octanol–water partition coefficient (Wildman–Crippen LogP) is 0.729. The minimum absolute atomic E-state index is 0.160. The average molecular weight is 205 g/mol. The highest BCUT2D eigenvalue weighted by atomic mass is 16.2. The Hall–Kier alpha value is -1.55. The van der Waals surface area contributed by atoms with E-state index in [4.69, 9.17) is 5.73 Å². The molecule has 4 nitrogen and oxygen atoms in total. The fourth-order valence-corrected chi connectivity index (χ4v) is 1.79. The van der Waals surface area contributed by atoms with Crippen LogP contribution in [0, 0.1) is 0 Å². The van der Waals surface area contributed by atoms with Gasteiger partial charge in [-0.05, 0) is 17.7 Å². The van der Waals surface area contributed by atoms with E-state index in [2.05, 4.69) is 0 Å². The van der Waals surface area contributed by atoms with Crippen molar-refractivity contribution < 1.29 is 4.79 Å². The standard InChI is InChI=1S/C11H15N3O/c1-13-11(15)5-6-14(13)10-4-2-3-9(7-10)8-12/h2-4,7H,5-6,8,12H2,1H3. The average Bonchev–Trinajstić information content (AvgIpc) is 2.60. The molecular formula is C11H15N3O. The van der Waals surface area contributed by atoms with Crippen molar-refractivity contribution in [3.05, 3.63) is 29.8 Å². The molecule has 0 bridgehead atoms. The zero-order valence-corrected chi connectivity index (χ0v) is 8.81. The zero-order valence-electron chi connectivity index (χ0n) is 8.81. The Labute approximate surface area is 89.2 Å². The fraction of sp³-hybridized carbons (Fsp3) is 0.364. The van der Waals surface area contributed by atoms with Crippen LogP contribution in [0.5, 0.6) is 0 Å². The molecule has 1 aliphatic rings. The molecule has 1 saturated heterocycles. The number of carbonyl (C=O) groups excluding carboxylic acids is 1. The van der Waals surface area contributed by atoms with Gasteiger partial charge in [-0.15, -0.1) is 0 Å². The largest absolute Gasteiger partial charge is 0.326 e. The van der Waals surface area contributed by atoms with Gasteiger partial charge in [-0.3, -0.25) is 14.8 Å². The fourth-order valence-electron chi connectivity index (χ4n) is 1.79. The van der Waals surface area contributed by atoms with Crippen LogP contribution in [0.2, 0.25) is 0 Å². The molecule has 1 amide bonds. The Balaban J connectivity index is 2.26. The normalized spacial score (nSPS) is 16.3. The van der Waals surface area contributed by atoms with Crippen LogP contribution in [0.15, 0.2) is 24.3 Å². The van der Waals surface area contributed by atoms with Gasteiger partial charge in [0.2, 0.25) is 5.91 Å². The smallest absolute Gasteiger partial charge is 0.242 e. The Morgan fingerprint density at radius 1 is 1.47 bits per heavy atom. The van der Waals surface area contributed by atoms with Crippen molar-refractivity contribution in [3.63, 3.8) is 0 Å². The van der Waals surface area contributed by atoms with Crippen LogP contribution >= 0.6 is 0 Å². The lowest BCUT2D eigenvalue weighted by Crippen LogP contribution is -2.35. The number of hydrogen-bond acceptors (Lipinski definition) is 3. The van der Waals surface area contributed by atoms with Crippen LogP contribution in [0.4, 0.5) is 5.69 Å². The molecule has 1 aromatic carbocycles. The molecule has 2 rings (SSSR count). The molecule has 80 valence electrons. The highest BCUT2D eigenvalue weighted by molar-refractivity contribution is 5.81.